The molecule has 25 heavy (non-hydrogen) atoms. The molecule has 0 unspecified atom stereocenters. The molecule has 1 amide bonds. The van der Waals surface area contributed by atoms with Crippen molar-refractivity contribution in [3.05, 3.63) is 68.8 Å². The van der Waals surface area contributed by atoms with Gasteiger partial charge in [-0.1, -0.05) is 58.0 Å². The van der Waals surface area contributed by atoms with Gasteiger partial charge in [0.25, 0.3) is 11.6 Å². The van der Waals surface area contributed by atoms with Crippen LogP contribution in [0.1, 0.15) is 66.6 Å². The van der Waals surface area contributed by atoms with E-state index in [1.807, 2.05) is 18.2 Å². The van der Waals surface area contributed by atoms with Crippen molar-refractivity contribution in [2.45, 2.75) is 46.1 Å². The number of fused-ring (bicyclic) bond motifs is 1. The standard InChI is InChI=1S/C20H22N2O3/c1-12(2)15-8-6-9-16(13(3)4)19(15)21-11-14-7-5-10-17(22(24)25)18(14)20(21)23/h5-10,12-13H,11H2,1-4H3. The van der Waals surface area contributed by atoms with E-state index in [2.05, 4.69) is 27.7 Å². The molecule has 130 valence electrons. The van der Waals surface area contributed by atoms with Crippen molar-refractivity contribution in [1.82, 2.24) is 0 Å². The Labute approximate surface area is 147 Å². The maximum atomic E-state index is 13.1. The van der Waals surface area contributed by atoms with Crippen LogP contribution in [0.5, 0.6) is 0 Å². The number of rotatable bonds is 4. The third-order valence-electron chi connectivity index (χ3n) is 4.73. The monoisotopic (exact) mass is 338 g/mol. The molecule has 5 heteroatoms. The Morgan fingerprint density at radius 3 is 2.08 bits per heavy atom. The number of para-hydroxylation sites is 1. The number of nitro benzene ring substituents is 1. The van der Waals surface area contributed by atoms with Crippen LogP contribution in [0, 0.1) is 10.1 Å². The average Bonchev–Trinajstić information content (AvgIpc) is 2.90. The average molecular weight is 338 g/mol. The molecule has 0 atom stereocenters. The highest BCUT2D eigenvalue weighted by Gasteiger charge is 2.37. The van der Waals surface area contributed by atoms with Gasteiger partial charge in [-0.2, -0.15) is 0 Å². The Morgan fingerprint density at radius 1 is 1.00 bits per heavy atom. The van der Waals surface area contributed by atoms with Gasteiger partial charge < -0.3 is 4.90 Å². The number of benzene rings is 2. The lowest BCUT2D eigenvalue weighted by Crippen LogP contribution is -2.26. The second kappa shape index (κ2) is 6.31. The van der Waals surface area contributed by atoms with E-state index in [9.17, 15) is 14.9 Å². The molecule has 0 bridgehead atoms. The van der Waals surface area contributed by atoms with Crippen molar-refractivity contribution < 1.29 is 9.72 Å². The SMILES string of the molecule is CC(C)c1cccc(C(C)C)c1N1Cc2cccc([N+](=O)[O-])c2C1=O. The van der Waals surface area contributed by atoms with E-state index in [-0.39, 0.29) is 29.0 Å². The van der Waals surface area contributed by atoms with E-state index in [0.717, 1.165) is 16.8 Å². The van der Waals surface area contributed by atoms with Crippen molar-refractivity contribution in [2.75, 3.05) is 4.90 Å². The molecule has 0 saturated carbocycles. The van der Waals surface area contributed by atoms with Crippen molar-refractivity contribution >= 4 is 17.3 Å². The number of carbonyl (C=O) groups excluding carboxylic acids is 1. The highest BCUT2D eigenvalue weighted by Crippen LogP contribution is 2.41. The zero-order valence-electron chi connectivity index (χ0n) is 14.9. The fraction of sp³-hybridized carbons (Fsp3) is 0.350. The number of nitro groups is 1. The third-order valence-corrected chi connectivity index (χ3v) is 4.73. The van der Waals surface area contributed by atoms with Crippen LogP contribution in [-0.4, -0.2) is 10.8 Å². The van der Waals surface area contributed by atoms with E-state index in [1.54, 1.807) is 17.0 Å². The lowest BCUT2D eigenvalue weighted by atomic mass is 9.92. The van der Waals surface area contributed by atoms with E-state index in [0.29, 0.717) is 12.1 Å². The Bertz CT molecular complexity index is 830. The van der Waals surface area contributed by atoms with Crippen molar-refractivity contribution in [3.8, 4) is 0 Å². The zero-order chi connectivity index (χ0) is 18.3. The summed E-state index contributed by atoms with van der Waals surface area (Å²) in [5.74, 6) is 0.220. The van der Waals surface area contributed by atoms with Gasteiger partial charge in [0, 0.05) is 6.07 Å². The summed E-state index contributed by atoms with van der Waals surface area (Å²) in [6, 6.07) is 10.9. The Kier molecular flexibility index (Phi) is 4.33. The molecule has 5 nitrogen and oxygen atoms in total. The van der Waals surface area contributed by atoms with Gasteiger partial charge >= 0.3 is 0 Å². The number of anilines is 1. The zero-order valence-corrected chi connectivity index (χ0v) is 14.9. The molecule has 0 fully saturated rings. The van der Waals surface area contributed by atoms with Crippen LogP contribution in [0.3, 0.4) is 0 Å². The highest BCUT2D eigenvalue weighted by molar-refractivity contribution is 6.13. The summed E-state index contributed by atoms with van der Waals surface area (Å²) in [5.41, 5.74) is 3.92. The second-order valence-corrected chi connectivity index (χ2v) is 7.05. The van der Waals surface area contributed by atoms with E-state index in [4.69, 9.17) is 0 Å². The van der Waals surface area contributed by atoms with Gasteiger partial charge in [-0.05, 0) is 28.5 Å². The van der Waals surface area contributed by atoms with Gasteiger partial charge in [-0.25, -0.2) is 0 Å². The molecule has 1 heterocycles. The van der Waals surface area contributed by atoms with Crippen molar-refractivity contribution in [2.24, 2.45) is 0 Å². The quantitative estimate of drug-likeness (QED) is 0.582. The Balaban J connectivity index is 2.18. The molecule has 3 rings (SSSR count). The highest BCUT2D eigenvalue weighted by atomic mass is 16.6. The maximum Gasteiger partial charge on any atom is 0.282 e. The molecule has 2 aromatic rings. The maximum absolute atomic E-state index is 13.1. The van der Waals surface area contributed by atoms with Crippen LogP contribution in [0.25, 0.3) is 0 Å². The Hall–Kier alpha value is -2.69. The summed E-state index contributed by atoms with van der Waals surface area (Å²) in [6.45, 7) is 8.76. The predicted octanol–water partition coefficient (Wildman–Crippen LogP) is 5.00. The van der Waals surface area contributed by atoms with E-state index < -0.39 is 4.92 Å². The van der Waals surface area contributed by atoms with Gasteiger partial charge in [0.05, 0.1) is 17.2 Å². The molecular weight excluding hydrogens is 316 g/mol. The van der Waals surface area contributed by atoms with Gasteiger partial charge in [0.2, 0.25) is 0 Å². The van der Waals surface area contributed by atoms with Crippen LogP contribution in [0.2, 0.25) is 0 Å². The normalized spacial score (nSPS) is 13.7. The minimum Gasteiger partial charge on any atom is -0.303 e. The molecule has 0 saturated heterocycles. The first-order chi connectivity index (χ1) is 11.8. The minimum absolute atomic E-state index is 0.113. The molecule has 0 N–H and O–H groups in total. The lowest BCUT2D eigenvalue weighted by Gasteiger charge is -2.26. The Morgan fingerprint density at radius 2 is 1.56 bits per heavy atom. The van der Waals surface area contributed by atoms with Crippen LogP contribution >= 0.6 is 0 Å². The van der Waals surface area contributed by atoms with E-state index in [1.165, 1.54) is 6.07 Å². The number of hydrogen-bond donors (Lipinski definition) is 0. The molecule has 0 aliphatic carbocycles. The number of amides is 1. The van der Waals surface area contributed by atoms with E-state index >= 15 is 0 Å². The first kappa shape index (κ1) is 17.1. The van der Waals surface area contributed by atoms with Crippen LogP contribution in [0.15, 0.2) is 36.4 Å². The predicted molar refractivity (Wildman–Crippen MR) is 98.2 cm³/mol. The fourth-order valence-corrected chi connectivity index (χ4v) is 3.50. The third kappa shape index (κ3) is 2.80. The molecular formula is C20H22N2O3. The summed E-state index contributed by atoms with van der Waals surface area (Å²) < 4.78 is 0. The molecule has 0 spiro atoms. The summed E-state index contributed by atoms with van der Waals surface area (Å²) in [6.07, 6.45) is 0. The minimum atomic E-state index is -0.474. The summed E-state index contributed by atoms with van der Waals surface area (Å²) in [5, 5.41) is 11.3. The smallest absolute Gasteiger partial charge is 0.282 e. The summed E-state index contributed by atoms with van der Waals surface area (Å²) in [4.78, 5) is 25.7. The molecule has 0 aromatic heterocycles. The lowest BCUT2D eigenvalue weighted by molar-refractivity contribution is -0.385. The molecule has 1 aliphatic rings. The molecule has 2 aromatic carbocycles. The van der Waals surface area contributed by atoms with Crippen LogP contribution in [-0.2, 0) is 6.54 Å². The van der Waals surface area contributed by atoms with Crippen molar-refractivity contribution in [3.63, 3.8) is 0 Å². The number of carbonyl (C=O) groups is 1. The first-order valence-electron chi connectivity index (χ1n) is 8.53. The molecule has 1 aliphatic heterocycles. The van der Waals surface area contributed by atoms with Gasteiger partial charge in [0.15, 0.2) is 0 Å². The largest absolute Gasteiger partial charge is 0.303 e. The van der Waals surface area contributed by atoms with Gasteiger partial charge in [0.1, 0.15) is 5.56 Å². The second-order valence-electron chi connectivity index (χ2n) is 7.05. The summed E-state index contributed by atoms with van der Waals surface area (Å²) in [7, 11) is 0. The van der Waals surface area contributed by atoms with Crippen molar-refractivity contribution in [1.29, 1.82) is 0 Å². The fourth-order valence-electron chi connectivity index (χ4n) is 3.50. The number of nitrogens with zero attached hydrogens (tertiary/aromatic N) is 2. The van der Waals surface area contributed by atoms with Gasteiger partial charge in [-0.15, -0.1) is 0 Å². The molecule has 0 radical (unpaired) electrons. The number of hydrogen-bond acceptors (Lipinski definition) is 3. The van der Waals surface area contributed by atoms with Crippen LogP contribution < -0.4 is 4.90 Å². The topological polar surface area (TPSA) is 63.4 Å². The first-order valence-corrected chi connectivity index (χ1v) is 8.53. The van der Waals surface area contributed by atoms with Gasteiger partial charge in [-0.3, -0.25) is 14.9 Å². The summed E-state index contributed by atoms with van der Waals surface area (Å²) >= 11 is 0. The van der Waals surface area contributed by atoms with Crippen LogP contribution in [0.4, 0.5) is 11.4 Å².